The predicted octanol–water partition coefficient (Wildman–Crippen LogP) is 2.66. The van der Waals surface area contributed by atoms with Gasteiger partial charge in [-0.05, 0) is 24.7 Å². The molecule has 7 heteroatoms. The molecule has 0 radical (unpaired) electrons. The molecule has 1 aromatic rings. The molecule has 2 rings (SSSR count). The quantitative estimate of drug-likeness (QED) is 0.877. The topological polar surface area (TPSA) is 59.1 Å². The molecule has 17 heavy (non-hydrogen) atoms. The van der Waals surface area contributed by atoms with Gasteiger partial charge in [0.15, 0.2) is 8.68 Å². The van der Waals surface area contributed by atoms with Gasteiger partial charge in [0.05, 0.1) is 6.20 Å². The third-order valence-electron chi connectivity index (χ3n) is 3.10. The van der Waals surface area contributed by atoms with Gasteiger partial charge < -0.3 is 0 Å². The standard InChI is InChI=1S/C10H15ClN2O2S2/c1-2-3-10(4-5-10)7-13-17(14,15)8-6-12-9(11)16-8/h6,13H,2-5,7H2,1H3. The summed E-state index contributed by atoms with van der Waals surface area (Å²) in [7, 11) is -3.43. The third-order valence-corrected chi connectivity index (χ3v) is 6.07. The van der Waals surface area contributed by atoms with E-state index in [1.807, 2.05) is 0 Å². The van der Waals surface area contributed by atoms with Gasteiger partial charge in [0, 0.05) is 6.54 Å². The molecule has 0 bridgehead atoms. The fraction of sp³-hybridized carbons (Fsp3) is 0.700. The second-order valence-corrected chi connectivity index (χ2v) is 8.11. The summed E-state index contributed by atoms with van der Waals surface area (Å²) in [5, 5.41) is 0. The molecule has 0 amide bonds. The van der Waals surface area contributed by atoms with Crippen LogP contribution in [-0.4, -0.2) is 19.9 Å². The van der Waals surface area contributed by atoms with E-state index in [2.05, 4.69) is 16.6 Å². The number of thiazole rings is 1. The third kappa shape index (κ3) is 3.19. The van der Waals surface area contributed by atoms with Crippen molar-refractivity contribution in [1.29, 1.82) is 0 Å². The van der Waals surface area contributed by atoms with Gasteiger partial charge in [-0.1, -0.05) is 36.3 Å². The van der Waals surface area contributed by atoms with Gasteiger partial charge in [0.1, 0.15) is 0 Å². The number of nitrogens with zero attached hydrogens (tertiary/aromatic N) is 1. The van der Waals surface area contributed by atoms with Gasteiger partial charge in [-0.3, -0.25) is 0 Å². The van der Waals surface area contributed by atoms with Gasteiger partial charge in [0.2, 0.25) is 0 Å². The van der Waals surface area contributed by atoms with Crippen molar-refractivity contribution in [3.05, 3.63) is 10.7 Å². The molecule has 0 aromatic carbocycles. The Bertz CT molecular complexity index is 494. The molecule has 1 aromatic heterocycles. The van der Waals surface area contributed by atoms with Crippen LogP contribution >= 0.6 is 22.9 Å². The minimum absolute atomic E-state index is 0.190. The maximum atomic E-state index is 11.9. The number of hydrogen-bond acceptors (Lipinski definition) is 4. The lowest BCUT2D eigenvalue weighted by atomic mass is 10.0. The van der Waals surface area contributed by atoms with Crippen LogP contribution in [0.1, 0.15) is 32.6 Å². The number of aromatic nitrogens is 1. The average Bonchev–Trinajstić information content (AvgIpc) is 2.89. The molecule has 0 spiro atoms. The first-order chi connectivity index (χ1) is 7.97. The molecular formula is C10H15ClN2O2S2. The van der Waals surface area contributed by atoms with E-state index in [-0.39, 0.29) is 14.1 Å². The summed E-state index contributed by atoms with van der Waals surface area (Å²) in [5.41, 5.74) is 0.205. The Hall–Kier alpha value is -0.170. The Morgan fingerprint density at radius 2 is 2.29 bits per heavy atom. The lowest BCUT2D eigenvalue weighted by Crippen LogP contribution is -2.29. The van der Waals surface area contributed by atoms with Crippen molar-refractivity contribution in [3.8, 4) is 0 Å². The molecule has 0 aliphatic heterocycles. The normalized spacial score (nSPS) is 18.2. The summed E-state index contributed by atoms with van der Waals surface area (Å²) in [5.74, 6) is 0. The van der Waals surface area contributed by atoms with E-state index in [9.17, 15) is 8.42 Å². The van der Waals surface area contributed by atoms with Gasteiger partial charge in [0.25, 0.3) is 10.0 Å². The summed E-state index contributed by atoms with van der Waals surface area (Å²) in [6, 6.07) is 0. The van der Waals surface area contributed by atoms with E-state index in [1.54, 1.807) is 0 Å². The fourth-order valence-corrected chi connectivity index (χ4v) is 4.40. The molecule has 1 heterocycles. The molecule has 1 aliphatic rings. The molecule has 1 aliphatic carbocycles. The zero-order chi connectivity index (χ0) is 12.5. The highest BCUT2D eigenvalue weighted by Gasteiger charge is 2.42. The van der Waals surface area contributed by atoms with Crippen molar-refractivity contribution >= 4 is 33.0 Å². The van der Waals surface area contributed by atoms with Gasteiger partial charge >= 0.3 is 0 Å². The van der Waals surface area contributed by atoms with Crippen LogP contribution in [0.2, 0.25) is 4.47 Å². The van der Waals surface area contributed by atoms with Crippen molar-refractivity contribution in [2.75, 3.05) is 6.54 Å². The molecule has 1 saturated carbocycles. The highest BCUT2D eigenvalue weighted by atomic mass is 35.5. The van der Waals surface area contributed by atoms with Gasteiger partial charge in [-0.25, -0.2) is 18.1 Å². The lowest BCUT2D eigenvalue weighted by molar-refractivity contribution is 0.449. The summed E-state index contributed by atoms with van der Waals surface area (Å²) < 4.78 is 26.9. The Morgan fingerprint density at radius 3 is 2.76 bits per heavy atom. The van der Waals surface area contributed by atoms with E-state index in [0.29, 0.717) is 6.54 Å². The van der Waals surface area contributed by atoms with E-state index in [1.165, 1.54) is 6.20 Å². The molecule has 0 unspecified atom stereocenters. The summed E-state index contributed by atoms with van der Waals surface area (Å²) in [6.45, 7) is 2.65. The van der Waals surface area contributed by atoms with Crippen LogP contribution in [0.3, 0.4) is 0 Å². The molecular weight excluding hydrogens is 280 g/mol. The summed E-state index contributed by atoms with van der Waals surface area (Å²) in [4.78, 5) is 3.74. The summed E-state index contributed by atoms with van der Waals surface area (Å²) >= 11 is 6.62. The number of rotatable bonds is 6. The van der Waals surface area contributed by atoms with Crippen LogP contribution in [0.15, 0.2) is 10.4 Å². The van der Waals surface area contributed by atoms with Crippen molar-refractivity contribution in [1.82, 2.24) is 9.71 Å². The second kappa shape index (κ2) is 4.84. The number of nitrogens with one attached hydrogen (secondary N) is 1. The van der Waals surface area contributed by atoms with Crippen LogP contribution in [-0.2, 0) is 10.0 Å². The van der Waals surface area contributed by atoms with Gasteiger partial charge in [-0.15, -0.1) is 0 Å². The monoisotopic (exact) mass is 294 g/mol. The second-order valence-electron chi connectivity index (χ2n) is 4.51. The van der Waals surface area contributed by atoms with Crippen LogP contribution < -0.4 is 4.72 Å². The first kappa shape index (κ1) is 13.3. The molecule has 0 atom stereocenters. The SMILES string of the molecule is CCCC1(CNS(=O)(=O)c2cnc(Cl)s2)CC1. The molecule has 1 fully saturated rings. The van der Waals surface area contributed by atoms with Crippen LogP contribution in [0.4, 0.5) is 0 Å². The van der Waals surface area contributed by atoms with Crippen LogP contribution in [0.5, 0.6) is 0 Å². The van der Waals surface area contributed by atoms with E-state index in [4.69, 9.17) is 11.6 Å². The van der Waals surface area contributed by atoms with E-state index in [0.717, 1.165) is 37.0 Å². The van der Waals surface area contributed by atoms with E-state index >= 15 is 0 Å². The maximum Gasteiger partial charge on any atom is 0.251 e. The zero-order valence-corrected chi connectivity index (χ0v) is 12.0. The lowest BCUT2D eigenvalue weighted by Gasteiger charge is -2.14. The largest absolute Gasteiger partial charge is 0.251 e. The number of hydrogen-bond donors (Lipinski definition) is 1. The molecule has 4 nitrogen and oxygen atoms in total. The summed E-state index contributed by atoms with van der Waals surface area (Å²) in [6.07, 6.45) is 5.71. The van der Waals surface area contributed by atoms with Crippen LogP contribution in [0, 0.1) is 5.41 Å². The van der Waals surface area contributed by atoms with Gasteiger partial charge in [-0.2, -0.15) is 0 Å². The Balaban J connectivity index is 1.99. The minimum atomic E-state index is -3.43. The first-order valence-electron chi connectivity index (χ1n) is 5.58. The molecule has 0 saturated heterocycles. The van der Waals surface area contributed by atoms with Crippen molar-refractivity contribution in [2.45, 2.75) is 36.8 Å². The fourth-order valence-electron chi connectivity index (χ4n) is 1.90. The predicted molar refractivity (Wildman–Crippen MR) is 68.9 cm³/mol. The average molecular weight is 295 g/mol. The Labute approximate surface area is 110 Å². The van der Waals surface area contributed by atoms with Crippen molar-refractivity contribution in [2.24, 2.45) is 5.41 Å². The smallest absolute Gasteiger partial charge is 0.232 e. The Morgan fingerprint density at radius 1 is 1.59 bits per heavy atom. The minimum Gasteiger partial charge on any atom is -0.232 e. The van der Waals surface area contributed by atoms with Crippen molar-refractivity contribution in [3.63, 3.8) is 0 Å². The maximum absolute atomic E-state index is 11.9. The molecule has 96 valence electrons. The first-order valence-corrected chi connectivity index (χ1v) is 8.26. The highest BCUT2D eigenvalue weighted by Crippen LogP contribution is 2.49. The number of sulfonamides is 1. The highest BCUT2D eigenvalue weighted by molar-refractivity contribution is 7.91. The van der Waals surface area contributed by atoms with Crippen LogP contribution in [0.25, 0.3) is 0 Å². The zero-order valence-electron chi connectivity index (χ0n) is 9.57. The Kier molecular flexibility index (Phi) is 3.77. The van der Waals surface area contributed by atoms with E-state index < -0.39 is 10.0 Å². The molecule has 1 N–H and O–H groups in total. The number of halogens is 1. The van der Waals surface area contributed by atoms with Crippen molar-refractivity contribution < 1.29 is 8.42 Å².